The zero-order chi connectivity index (χ0) is 14.1. The number of hydrogen-bond acceptors (Lipinski definition) is 4. The van der Waals surface area contributed by atoms with Crippen LogP contribution >= 0.6 is 0 Å². The summed E-state index contributed by atoms with van der Waals surface area (Å²) in [6.07, 6.45) is 1.33. The molecule has 0 aliphatic carbocycles. The molecule has 20 heavy (non-hydrogen) atoms. The predicted molar refractivity (Wildman–Crippen MR) is 73.3 cm³/mol. The lowest BCUT2D eigenvalue weighted by atomic mass is 10.1. The van der Waals surface area contributed by atoms with Crippen molar-refractivity contribution in [2.75, 3.05) is 0 Å². The molecule has 3 aromatic rings. The molecule has 102 valence electrons. The van der Waals surface area contributed by atoms with Gasteiger partial charge in [0, 0.05) is 5.56 Å². The summed E-state index contributed by atoms with van der Waals surface area (Å²) in [6.45, 7) is 3.63. The zero-order valence-electron chi connectivity index (χ0n) is 11.2. The molecule has 1 N–H and O–H groups in total. The second-order valence-electron chi connectivity index (χ2n) is 4.71. The fourth-order valence-corrected chi connectivity index (χ4v) is 2.06. The van der Waals surface area contributed by atoms with Crippen molar-refractivity contribution in [3.8, 4) is 11.3 Å². The van der Waals surface area contributed by atoms with E-state index in [1.807, 2.05) is 44.2 Å². The number of fused-ring (bicyclic) bond motifs is 1. The van der Waals surface area contributed by atoms with E-state index in [4.69, 9.17) is 4.74 Å². The van der Waals surface area contributed by atoms with Crippen molar-refractivity contribution in [1.29, 1.82) is 0 Å². The first-order valence-electron chi connectivity index (χ1n) is 6.35. The summed E-state index contributed by atoms with van der Waals surface area (Å²) in [7, 11) is 0. The van der Waals surface area contributed by atoms with E-state index >= 15 is 0 Å². The van der Waals surface area contributed by atoms with Crippen LogP contribution in [0.15, 0.2) is 36.7 Å². The monoisotopic (exact) mass is 270 g/mol. The molecule has 0 spiro atoms. The van der Waals surface area contributed by atoms with E-state index in [2.05, 4.69) is 15.3 Å². The first-order chi connectivity index (χ1) is 9.66. The summed E-state index contributed by atoms with van der Waals surface area (Å²) in [6, 6.07) is 9.59. The van der Waals surface area contributed by atoms with Gasteiger partial charge in [0.1, 0.15) is 11.9 Å². The van der Waals surface area contributed by atoms with Crippen molar-refractivity contribution in [2.24, 2.45) is 0 Å². The Morgan fingerprint density at radius 1 is 1.30 bits per heavy atom. The molecule has 2 heterocycles. The second kappa shape index (κ2) is 4.80. The van der Waals surface area contributed by atoms with E-state index in [0.717, 1.165) is 5.56 Å². The highest BCUT2D eigenvalue weighted by molar-refractivity contribution is 6.02. The van der Waals surface area contributed by atoms with Gasteiger partial charge in [0.15, 0.2) is 5.65 Å². The smallest absolute Gasteiger partial charge is 0.344 e. The van der Waals surface area contributed by atoms with Crippen LogP contribution in [-0.2, 0) is 4.74 Å². The summed E-state index contributed by atoms with van der Waals surface area (Å²) in [5, 5.41) is 10.9. The fraction of sp³-hybridized carbons (Fsp3) is 0.214. The van der Waals surface area contributed by atoms with Gasteiger partial charge in [0.05, 0.1) is 11.8 Å². The van der Waals surface area contributed by atoms with Crippen molar-refractivity contribution in [3.05, 3.63) is 42.2 Å². The van der Waals surface area contributed by atoms with Crippen molar-refractivity contribution in [1.82, 2.24) is 19.8 Å². The minimum Gasteiger partial charge on any atom is -0.459 e. The molecule has 0 unspecified atom stereocenters. The van der Waals surface area contributed by atoms with E-state index in [0.29, 0.717) is 16.9 Å². The maximum atomic E-state index is 12.3. The lowest BCUT2D eigenvalue weighted by molar-refractivity contribution is 0.0381. The number of carbonyl (C=O) groups is 1. The van der Waals surface area contributed by atoms with Crippen LogP contribution in [0, 0.1) is 0 Å². The Kier molecular flexibility index (Phi) is 2.98. The number of aromatic amines is 1. The van der Waals surface area contributed by atoms with Gasteiger partial charge in [0.2, 0.25) is 0 Å². The van der Waals surface area contributed by atoms with E-state index in [1.165, 1.54) is 6.33 Å². The Bertz CT molecular complexity index is 743. The molecule has 6 nitrogen and oxygen atoms in total. The molecule has 0 radical (unpaired) electrons. The van der Waals surface area contributed by atoms with Gasteiger partial charge in [-0.25, -0.2) is 9.31 Å². The topological polar surface area (TPSA) is 72.3 Å². The van der Waals surface area contributed by atoms with Crippen LogP contribution in [0.1, 0.15) is 24.2 Å². The molecule has 2 aromatic heterocycles. The van der Waals surface area contributed by atoms with Crippen LogP contribution in [-0.4, -0.2) is 31.9 Å². The van der Waals surface area contributed by atoms with Crippen LogP contribution in [0.5, 0.6) is 0 Å². The van der Waals surface area contributed by atoms with Gasteiger partial charge in [-0.1, -0.05) is 30.3 Å². The average Bonchev–Trinajstić information content (AvgIpc) is 2.98. The van der Waals surface area contributed by atoms with E-state index in [1.54, 1.807) is 4.52 Å². The summed E-state index contributed by atoms with van der Waals surface area (Å²) < 4.78 is 6.90. The molecule has 0 aliphatic rings. The molecule has 0 saturated carbocycles. The van der Waals surface area contributed by atoms with Crippen LogP contribution in [0.3, 0.4) is 0 Å². The molecule has 1 aromatic carbocycles. The largest absolute Gasteiger partial charge is 0.459 e. The number of hydrogen-bond donors (Lipinski definition) is 1. The van der Waals surface area contributed by atoms with E-state index in [-0.39, 0.29) is 6.10 Å². The number of aromatic nitrogens is 4. The Morgan fingerprint density at radius 3 is 2.75 bits per heavy atom. The third-order valence-corrected chi connectivity index (χ3v) is 2.86. The standard InChI is InChI=1S/C14H14N4O2/c1-9(2)20-14(19)11-12(10-6-4-3-5-7-10)17-18-8-15-16-13(11)18/h3-9,17H,1-2H3. The minimum atomic E-state index is -0.405. The zero-order valence-corrected chi connectivity index (χ0v) is 11.2. The molecule has 0 fully saturated rings. The maximum Gasteiger partial charge on any atom is 0.344 e. The molecular formula is C14H14N4O2. The normalized spacial score (nSPS) is 11.2. The number of esters is 1. The lowest BCUT2D eigenvalue weighted by Crippen LogP contribution is -2.12. The van der Waals surface area contributed by atoms with Crippen molar-refractivity contribution in [3.63, 3.8) is 0 Å². The molecule has 0 atom stereocenters. The molecule has 0 bridgehead atoms. The summed E-state index contributed by atoms with van der Waals surface area (Å²) in [5.41, 5.74) is 2.45. The number of H-pyrrole nitrogens is 1. The first kappa shape index (κ1) is 12.4. The molecule has 0 aliphatic heterocycles. The number of nitrogens with zero attached hydrogens (tertiary/aromatic N) is 3. The Hall–Kier alpha value is -2.63. The minimum absolute atomic E-state index is 0.191. The average molecular weight is 270 g/mol. The van der Waals surface area contributed by atoms with Crippen LogP contribution in [0.25, 0.3) is 16.9 Å². The van der Waals surface area contributed by atoms with E-state index < -0.39 is 5.97 Å². The van der Waals surface area contributed by atoms with Crippen molar-refractivity contribution < 1.29 is 9.53 Å². The molecule has 0 saturated heterocycles. The Morgan fingerprint density at radius 2 is 2.05 bits per heavy atom. The second-order valence-corrected chi connectivity index (χ2v) is 4.71. The van der Waals surface area contributed by atoms with Crippen molar-refractivity contribution in [2.45, 2.75) is 20.0 Å². The van der Waals surface area contributed by atoms with Crippen LogP contribution in [0.2, 0.25) is 0 Å². The number of benzene rings is 1. The summed E-state index contributed by atoms with van der Waals surface area (Å²) in [4.78, 5) is 12.3. The third-order valence-electron chi connectivity index (χ3n) is 2.86. The predicted octanol–water partition coefficient (Wildman–Crippen LogP) is 2.29. The van der Waals surface area contributed by atoms with Gasteiger partial charge >= 0.3 is 5.97 Å². The van der Waals surface area contributed by atoms with Crippen LogP contribution in [0.4, 0.5) is 0 Å². The molecule has 3 rings (SSSR count). The van der Waals surface area contributed by atoms with Crippen LogP contribution < -0.4 is 0 Å². The summed E-state index contributed by atoms with van der Waals surface area (Å²) >= 11 is 0. The number of nitrogens with one attached hydrogen (secondary N) is 1. The highest BCUT2D eigenvalue weighted by atomic mass is 16.5. The van der Waals surface area contributed by atoms with E-state index in [9.17, 15) is 4.79 Å². The highest BCUT2D eigenvalue weighted by Gasteiger charge is 2.23. The molecule has 0 amide bonds. The van der Waals surface area contributed by atoms with Crippen molar-refractivity contribution >= 4 is 11.6 Å². The number of carbonyl (C=O) groups excluding carboxylic acids is 1. The van der Waals surface area contributed by atoms with Gasteiger partial charge < -0.3 is 4.74 Å². The molecule has 6 heteroatoms. The Balaban J connectivity index is 2.17. The van der Waals surface area contributed by atoms with Gasteiger partial charge in [0.25, 0.3) is 0 Å². The molecular weight excluding hydrogens is 256 g/mol. The van der Waals surface area contributed by atoms with Gasteiger partial charge in [-0.3, -0.25) is 5.10 Å². The maximum absolute atomic E-state index is 12.3. The summed E-state index contributed by atoms with van der Waals surface area (Å²) in [5.74, 6) is -0.405. The first-order valence-corrected chi connectivity index (χ1v) is 6.35. The van der Waals surface area contributed by atoms with Gasteiger partial charge in [-0.2, -0.15) is 0 Å². The Labute approximate surface area is 115 Å². The lowest BCUT2D eigenvalue weighted by Gasteiger charge is -2.08. The number of rotatable bonds is 3. The SMILES string of the molecule is CC(C)OC(=O)c1c(-c2ccccc2)[nH]n2cnnc12. The van der Waals surface area contributed by atoms with Gasteiger partial charge in [-0.05, 0) is 13.8 Å². The highest BCUT2D eigenvalue weighted by Crippen LogP contribution is 2.25. The quantitative estimate of drug-likeness (QED) is 0.741. The third kappa shape index (κ3) is 2.05. The fourth-order valence-electron chi connectivity index (χ4n) is 2.06. The van der Waals surface area contributed by atoms with Gasteiger partial charge in [-0.15, -0.1) is 10.2 Å². The number of ether oxygens (including phenoxy) is 1.